The maximum atomic E-state index is 2.70. The van der Waals surface area contributed by atoms with Crippen molar-refractivity contribution in [2.24, 2.45) is 13.0 Å². The van der Waals surface area contributed by atoms with Gasteiger partial charge in [0.25, 0.3) is 5.82 Å². The molecule has 4 aromatic rings. The topological polar surface area (TPSA) is 12.0 Å². The number of aryl methyl sites for hydroxylation is 2. The Morgan fingerprint density at radius 2 is 1.69 bits per heavy atom. The number of anilines is 1. The van der Waals surface area contributed by atoms with Crippen molar-refractivity contribution in [2.45, 2.75) is 53.4 Å². The molecule has 0 bridgehead atoms. The fourth-order valence-corrected chi connectivity index (χ4v) is 6.61. The van der Waals surface area contributed by atoms with Crippen LogP contribution < -0.4 is 14.8 Å². The van der Waals surface area contributed by atoms with Gasteiger partial charge in [-0.2, -0.15) is 0 Å². The Balaban J connectivity index is 1.69. The summed E-state index contributed by atoms with van der Waals surface area (Å²) in [6.45, 7) is 15.2. The zero-order valence-electron chi connectivity index (χ0n) is 22.7. The molecule has 0 spiro atoms. The minimum absolute atomic E-state index is 0.168. The van der Waals surface area contributed by atoms with E-state index in [0.717, 1.165) is 6.54 Å². The Hall–Kier alpha value is -3.27. The Bertz CT molecular complexity index is 1460. The molecule has 0 saturated heterocycles. The lowest BCUT2D eigenvalue weighted by atomic mass is 9.54. The number of hydrogen-bond acceptors (Lipinski definition) is 1. The molecule has 0 aliphatic carbocycles. The summed E-state index contributed by atoms with van der Waals surface area (Å²) < 4.78 is 5.04. The molecule has 1 aromatic heterocycles. The molecule has 0 fully saturated rings. The monoisotopic (exact) mass is 474 g/mol. The van der Waals surface area contributed by atoms with Gasteiger partial charge in [0, 0.05) is 23.6 Å². The number of rotatable bonds is 4. The van der Waals surface area contributed by atoms with Crippen LogP contribution in [-0.2, 0) is 7.05 Å². The summed E-state index contributed by atoms with van der Waals surface area (Å²) >= 11 is 0. The normalized spacial score (nSPS) is 15.9. The first-order valence-electron chi connectivity index (χ1n) is 13.5. The third kappa shape index (κ3) is 3.30. The molecule has 2 aliphatic rings. The lowest BCUT2D eigenvalue weighted by molar-refractivity contribution is -0.659. The quantitative estimate of drug-likeness (QED) is 0.251. The molecular weight excluding hydrogens is 437 g/mol. The number of fused-ring (bicyclic) bond motifs is 4. The van der Waals surface area contributed by atoms with Gasteiger partial charge in [0.2, 0.25) is 0 Å². The molecular formula is C32H37BN3+. The molecule has 6 rings (SSSR count). The van der Waals surface area contributed by atoms with Crippen molar-refractivity contribution >= 4 is 18.1 Å². The predicted molar refractivity (Wildman–Crippen MR) is 152 cm³/mol. The molecule has 1 unspecified atom stereocenters. The van der Waals surface area contributed by atoms with Crippen molar-refractivity contribution < 1.29 is 4.57 Å². The first kappa shape index (κ1) is 23.2. The van der Waals surface area contributed by atoms with Crippen LogP contribution in [0.15, 0.2) is 66.9 Å². The molecule has 4 heteroatoms. The summed E-state index contributed by atoms with van der Waals surface area (Å²) in [6, 6.07) is 22.7. The molecule has 2 aliphatic heterocycles. The highest BCUT2D eigenvalue weighted by Gasteiger charge is 2.52. The number of benzene rings is 3. The van der Waals surface area contributed by atoms with Gasteiger partial charge in [-0.1, -0.05) is 89.2 Å². The van der Waals surface area contributed by atoms with E-state index in [-0.39, 0.29) is 6.98 Å². The van der Waals surface area contributed by atoms with Gasteiger partial charge < -0.3 is 4.81 Å². The average molecular weight is 474 g/mol. The van der Waals surface area contributed by atoms with E-state index in [1.165, 1.54) is 56.0 Å². The predicted octanol–water partition coefficient (Wildman–Crippen LogP) is 6.26. The molecule has 3 heterocycles. The SMILES string of the molecule is Cc1cccc2c1-c1n3c(c[n+]1C)C(C)c1cc(-c4ccccc4)cc(C(C)C)c1B3N2CC(C)C. The van der Waals surface area contributed by atoms with E-state index in [1.807, 2.05) is 0 Å². The van der Waals surface area contributed by atoms with Crippen LogP contribution in [0.5, 0.6) is 0 Å². The standard InChI is InChI=1S/C32H37BN3/c1-20(2)18-35-28-15-11-12-22(5)30(28)32-34(7)19-29-23(6)27-17-25(24-13-9-8-10-14-24)16-26(21(3)4)31(27)33(35)36(29)32/h8-17,19-21,23H,18H2,1-7H3/q+1. The zero-order chi connectivity index (χ0) is 25.3. The van der Waals surface area contributed by atoms with Gasteiger partial charge in [-0.05, 0) is 52.6 Å². The van der Waals surface area contributed by atoms with Crippen LogP contribution in [0, 0.1) is 12.8 Å². The number of hydrogen-bond donors (Lipinski definition) is 0. The molecule has 3 aromatic carbocycles. The van der Waals surface area contributed by atoms with Gasteiger partial charge in [-0.25, -0.2) is 4.57 Å². The van der Waals surface area contributed by atoms with Crippen LogP contribution in [-0.4, -0.2) is 18.0 Å². The van der Waals surface area contributed by atoms with Crippen LogP contribution >= 0.6 is 0 Å². The second-order valence-electron chi connectivity index (χ2n) is 11.6. The van der Waals surface area contributed by atoms with Crippen LogP contribution in [0.1, 0.15) is 68.8 Å². The first-order chi connectivity index (χ1) is 17.3. The van der Waals surface area contributed by atoms with Crippen molar-refractivity contribution in [1.82, 2.24) is 4.48 Å². The van der Waals surface area contributed by atoms with Crippen molar-refractivity contribution in [3.8, 4) is 22.5 Å². The van der Waals surface area contributed by atoms with E-state index in [1.54, 1.807) is 0 Å². The minimum Gasteiger partial charge on any atom is -0.369 e. The van der Waals surface area contributed by atoms with E-state index in [2.05, 4.69) is 129 Å². The molecule has 0 radical (unpaired) electrons. The van der Waals surface area contributed by atoms with E-state index >= 15 is 0 Å². The molecule has 0 N–H and O–H groups in total. The van der Waals surface area contributed by atoms with Crippen LogP contribution in [0.4, 0.5) is 5.69 Å². The van der Waals surface area contributed by atoms with Crippen LogP contribution in [0.2, 0.25) is 0 Å². The van der Waals surface area contributed by atoms with Gasteiger partial charge in [0.1, 0.15) is 11.9 Å². The molecule has 182 valence electrons. The van der Waals surface area contributed by atoms with Crippen LogP contribution in [0.3, 0.4) is 0 Å². The maximum Gasteiger partial charge on any atom is 0.538 e. The first-order valence-corrected chi connectivity index (χ1v) is 13.5. The van der Waals surface area contributed by atoms with Crippen LogP contribution in [0.25, 0.3) is 22.5 Å². The fraction of sp³-hybridized carbons (Fsp3) is 0.344. The number of nitrogens with zero attached hydrogens (tertiary/aromatic N) is 3. The summed E-state index contributed by atoms with van der Waals surface area (Å²) in [5.41, 5.74) is 12.6. The second kappa shape index (κ2) is 8.40. The lowest BCUT2D eigenvalue weighted by Crippen LogP contribution is -2.62. The van der Waals surface area contributed by atoms with Gasteiger partial charge in [-0.15, -0.1) is 0 Å². The van der Waals surface area contributed by atoms with Crippen molar-refractivity contribution in [3.63, 3.8) is 0 Å². The van der Waals surface area contributed by atoms with E-state index in [4.69, 9.17) is 0 Å². The Morgan fingerprint density at radius 1 is 0.944 bits per heavy atom. The molecule has 0 saturated carbocycles. The Morgan fingerprint density at radius 3 is 2.39 bits per heavy atom. The van der Waals surface area contributed by atoms with Crippen molar-refractivity contribution in [2.75, 3.05) is 11.4 Å². The van der Waals surface area contributed by atoms with Crippen molar-refractivity contribution in [1.29, 1.82) is 0 Å². The van der Waals surface area contributed by atoms with E-state index in [0.29, 0.717) is 17.8 Å². The Labute approximate surface area is 216 Å². The van der Waals surface area contributed by atoms with E-state index in [9.17, 15) is 0 Å². The highest BCUT2D eigenvalue weighted by molar-refractivity contribution is 6.77. The van der Waals surface area contributed by atoms with E-state index < -0.39 is 0 Å². The smallest absolute Gasteiger partial charge is 0.369 e. The molecule has 36 heavy (non-hydrogen) atoms. The fourth-order valence-electron chi connectivity index (χ4n) is 6.61. The highest BCUT2D eigenvalue weighted by atomic mass is 15.3. The molecule has 3 nitrogen and oxygen atoms in total. The summed E-state index contributed by atoms with van der Waals surface area (Å²) in [6.07, 6.45) is 2.38. The summed E-state index contributed by atoms with van der Waals surface area (Å²) in [4.78, 5) is 2.70. The number of aromatic nitrogens is 2. The zero-order valence-corrected chi connectivity index (χ0v) is 22.7. The minimum atomic E-state index is 0.168. The summed E-state index contributed by atoms with van der Waals surface area (Å²) in [7, 11) is 2.22. The van der Waals surface area contributed by atoms with Gasteiger partial charge >= 0.3 is 6.98 Å². The third-order valence-corrected chi connectivity index (χ3v) is 8.19. The van der Waals surface area contributed by atoms with Gasteiger partial charge in [0.15, 0.2) is 0 Å². The second-order valence-corrected chi connectivity index (χ2v) is 11.6. The summed E-state index contributed by atoms with van der Waals surface area (Å²) in [5, 5.41) is 0. The van der Waals surface area contributed by atoms with Gasteiger partial charge in [-0.3, -0.25) is 4.48 Å². The third-order valence-electron chi connectivity index (χ3n) is 8.19. The average Bonchev–Trinajstić information content (AvgIpc) is 3.20. The molecule has 0 amide bonds. The lowest BCUT2D eigenvalue weighted by Gasteiger charge is -2.40. The maximum absolute atomic E-state index is 2.70. The van der Waals surface area contributed by atoms with Crippen molar-refractivity contribution in [3.05, 3.63) is 89.2 Å². The highest BCUT2D eigenvalue weighted by Crippen LogP contribution is 2.44. The number of imidazole rings is 1. The molecule has 1 atom stereocenters. The largest absolute Gasteiger partial charge is 0.538 e. The summed E-state index contributed by atoms with van der Waals surface area (Å²) in [5.74, 6) is 2.65. The Kier molecular flexibility index (Phi) is 5.40. The van der Waals surface area contributed by atoms with Gasteiger partial charge in [0.05, 0.1) is 12.6 Å².